The van der Waals surface area contributed by atoms with Gasteiger partial charge in [0.1, 0.15) is 11.5 Å². The molecule has 88 valence electrons. The summed E-state index contributed by atoms with van der Waals surface area (Å²) >= 11 is 11.7. The highest BCUT2D eigenvalue weighted by molar-refractivity contribution is 6.31. The lowest BCUT2D eigenvalue weighted by Gasteiger charge is -2.11. The third-order valence-corrected chi connectivity index (χ3v) is 2.81. The number of halogens is 2. The number of benzene rings is 2. The van der Waals surface area contributed by atoms with Gasteiger partial charge < -0.3 is 10.5 Å². The Labute approximate surface area is 110 Å². The average molecular weight is 268 g/mol. The van der Waals surface area contributed by atoms with Crippen LogP contribution in [0, 0.1) is 6.92 Å². The fourth-order valence-corrected chi connectivity index (χ4v) is 1.76. The van der Waals surface area contributed by atoms with Gasteiger partial charge in [-0.25, -0.2) is 0 Å². The molecule has 2 rings (SSSR count). The molecule has 0 aliphatic carbocycles. The minimum Gasteiger partial charge on any atom is -0.455 e. The van der Waals surface area contributed by atoms with Gasteiger partial charge in [-0.3, -0.25) is 0 Å². The molecule has 0 bridgehead atoms. The van der Waals surface area contributed by atoms with Crippen molar-refractivity contribution in [1.82, 2.24) is 0 Å². The van der Waals surface area contributed by atoms with Crippen LogP contribution in [0.25, 0.3) is 0 Å². The second kappa shape index (κ2) is 4.86. The van der Waals surface area contributed by atoms with Crippen LogP contribution >= 0.6 is 23.2 Å². The summed E-state index contributed by atoms with van der Waals surface area (Å²) in [4.78, 5) is 0. The number of hydrogen-bond donors (Lipinski definition) is 1. The van der Waals surface area contributed by atoms with Crippen molar-refractivity contribution in [3.05, 3.63) is 52.0 Å². The van der Waals surface area contributed by atoms with E-state index in [2.05, 4.69) is 0 Å². The van der Waals surface area contributed by atoms with Crippen molar-refractivity contribution in [1.29, 1.82) is 0 Å². The maximum atomic E-state index is 5.92. The highest BCUT2D eigenvalue weighted by Gasteiger charge is 2.06. The first-order chi connectivity index (χ1) is 8.06. The molecular formula is C13H11Cl2NO. The van der Waals surface area contributed by atoms with E-state index in [0.717, 1.165) is 5.56 Å². The smallest absolute Gasteiger partial charge is 0.150 e. The van der Waals surface area contributed by atoms with Gasteiger partial charge in [0, 0.05) is 10.0 Å². The zero-order valence-corrected chi connectivity index (χ0v) is 10.7. The summed E-state index contributed by atoms with van der Waals surface area (Å²) in [5.41, 5.74) is 7.30. The molecule has 0 saturated heterocycles. The van der Waals surface area contributed by atoms with E-state index in [1.165, 1.54) is 0 Å². The Morgan fingerprint density at radius 1 is 0.941 bits per heavy atom. The highest BCUT2D eigenvalue weighted by atomic mass is 35.5. The van der Waals surface area contributed by atoms with E-state index in [0.29, 0.717) is 27.2 Å². The Balaban J connectivity index is 2.34. The number of rotatable bonds is 2. The molecule has 2 aromatic carbocycles. The molecule has 2 aromatic rings. The molecule has 0 unspecified atom stereocenters. The molecule has 0 aliphatic heterocycles. The molecule has 0 saturated carbocycles. The molecule has 4 heteroatoms. The van der Waals surface area contributed by atoms with Gasteiger partial charge in [-0.2, -0.15) is 0 Å². The molecule has 0 spiro atoms. The lowest BCUT2D eigenvalue weighted by molar-refractivity contribution is 0.481. The van der Waals surface area contributed by atoms with Crippen LogP contribution in [0.15, 0.2) is 36.4 Å². The minimum atomic E-state index is 0.497. The van der Waals surface area contributed by atoms with E-state index in [1.807, 2.05) is 19.1 Å². The maximum Gasteiger partial charge on any atom is 0.150 e. The monoisotopic (exact) mass is 267 g/mol. The predicted molar refractivity (Wildman–Crippen MR) is 72.1 cm³/mol. The van der Waals surface area contributed by atoms with Crippen LogP contribution in [0.5, 0.6) is 11.5 Å². The van der Waals surface area contributed by atoms with Crippen molar-refractivity contribution >= 4 is 28.9 Å². The van der Waals surface area contributed by atoms with Crippen molar-refractivity contribution < 1.29 is 4.74 Å². The first kappa shape index (κ1) is 12.1. The summed E-state index contributed by atoms with van der Waals surface area (Å²) in [6.07, 6.45) is 0. The number of anilines is 1. The van der Waals surface area contributed by atoms with Gasteiger partial charge in [-0.05, 0) is 42.8 Å². The van der Waals surface area contributed by atoms with Gasteiger partial charge in [0.2, 0.25) is 0 Å². The van der Waals surface area contributed by atoms with Gasteiger partial charge in [-0.15, -0.1) is 0 Å². The lowest BCUT2D eigenvalue weighted by atomic mass is 10.2. The Morgan fingerprint density at radius 2 is 1.59 bits per heavy atom. The summed E-state index contributed by atoms with van der Waals surface area (Å²) in [7, 11) is 0. The topological polar surface area (TPSA) is 35.2 Å². The molecule has 2 N–H and O–H groups in total. The van der Waals surface area contributed by atoms with Gasteiger partial charge >= 0.3 is 0 Å². The first-order valence-electron chi connectivity index (χ1n) is 5.05. The first-order valence-corrected chi connectivity index (χ1v) is 5.81. The van der Waals surface area contributed by atoms with Crippen LogP contribution < -0.4 is 10.5 Å². The fourth-order valence-electron chi connectivity index (χ4n) is 1.41. The Morgan fingerprint density at radius 3 is 2.29 bits per heavy atom. The van der Waals surface area contributed by atoms with Crippen molar-refractivity contribution in [2.24, 2.45) is 0 Å². The molecule has 0 amide bonds. The average Bonchev–Trinajstić information content (AvgIpc) is 2.27. The standard InChI is InChI=1S/C13H11Cl2NO/c1-8-2-3-10(15)7-13(8)17-12-5-4-9(14)6-11(12)16/h2-7H,16H2,1H3. The summed E-state index contributed by atoms with van der Waals surface area (Å²) in [6, 6.07) is 10.6. The van der Waals surface area contributed by atoms with Gasteiger partial charge in [0.15, 0.2) is 0 Å². The van der Waals surface area contributed by atoms with Crippen molar-refractivity contribution in [2.45, 2.75) is 6.92 Å². The number of hydrogen-bond acceptors (Lipinski definition) is 2. The van der Waals surface area contributed by atoms with E-state index in [4.69, 9.17) is 33.7 Å². The fraction of sp³-hybridized carbons (Fsp3) is 0.0769. The molecule has 0 aromatic heterocycles. The normalized spacial score (nSPS) is 10.3. The van der Waals surface area contributed by atoms with Gasteiger partial charge in [0.25, 0.3) is 0 Å². The quantitative estimate of drug-likeness (QED) is 0.803. The predicted octanol–water partition coefficient (Wildman–Crippen LogP) is 4.68. The molecule has 2 nitrogen and oxygen atoms in total. The van der Waals surface area contributed by atoms with E-state index >= 15 is 0 Å². The molecule has 0 fully saturated rings. The Bertz CT molecular complexity index is 555. The second-order valence-corrected chi connectivity index (χ2v) is 4.57. The Hall–Kier alpha value is -1.38. The van der Waals surface area contributed by atoms with Crippen molar-refractivity contribution in [2.75, 3.05) is 5.73 Å². The zero-order chi connectivity index (χ0) is 12.4. The minimum absolute atomic E-state index is 0.497. The number of ether oxygens (including phenoxy) is 1. The van der Waals surface area contributed by atoms with E-state index in [1.54, 1.807) is 24.3 Å². The highest BCUT2D eigenvalue weighted by Crippen LogP contribution is 2.32. The van der Waals surface area contributed by atoms with Crippen molar-refractivity contribution in [3.63, 3.8) is 0 Å². The van der Waals surface area contributed by atoms with Crippen molar-refractivity contribution in [3.8, 4) is 11.5 Å². The van der Waals surface area contributed by atoms with Crippen LogP contribution in [0.1, 0.15) is 5.56 Å². The molecule has 0 radical (unpaired) electrons. The third-order valence-electron chi connectivity index (χ3n) is 2.34. The summed E-state index contributed by atoms with van der Waals surface area (Å²) in [5.74, 6) is 1.26. The SMILES string of the molecule is Cc1ccc(Cl)cc1Oc1ccc(Cl)cc1N. The number of nitrogen functional groups attached to an aromatic ring is 1. The number of aryl methyl sites for hydroxylation is 1. The summed E-state index contributed by atoms with van der Waals surface area (Å²) < 4.78 is 5.71. The summed E-state index contributed by atoms with van der Waals surface area (Å²) in [6.45, 7) is 1.94. The van der Waals surface area contributed by atoms with Crippen LogP contribution in [-0.4, -0.2) is 0 Å². The maximum absolute atomic E-state index is 5.92. The molecule has 0 heterocycles. The zero-order valence-electron chi connectivity index (χ0n) is 9.21. The largest absolute Gasteiger partial charge is 0.455 e. The van der Waals surface area contributed by atoms with Crippen LogP contribution in [0.3, 0.4) is 0 Å². The second-order valence-electron chi connectivity index (χ2n) is 3.69. The third kappa shape index (κ3) is 2.84. The van der Waals surface area contributed by atoms with E-state index < -0.39 is 0 Å². The summed E-state index contributed by atoms with van der Waals surface area (Å²) in [5, 5.41) is 1.20. The lowest BCUT2D eigenvalue weighted by Crippen LogP contribution is -1.93. The molecule has 0 aliphatic rings. The van der Waals surface area contributed by atoms with Crippen LogP contribution in [-0.2, 0) is 0 Å². The molecular weight excluding hydrogens is 257 g/mol. The van der Waals surface area contributed by atoms with Gasteiger partial charge in [-0.1, -0.05) is 29.3 Å². The van der Waals surface area contributed by atoms with Crippen LogP contribution in [0.2, 0.25) is 10.0 Å². The number of nitrogens with two attached hydrogens (primary N) is 1. The molecule has 17 heavy (non-hydrogen) atoms. The van der Waals surface area contributed by atoms with E-state index in [9.17, 15) is 0 Å². The van der Waals surface area contributed by atoms with Crippen LogP contribution in [0.4, 0.5) is 5.69 Å². The van der Waals surface area contributed by atoms with E-state index in [-0.39, 0.29) is 0 Å². The van der Waals surface area contributed by atoms with Gasteiger partial charge in [0.05, 0.1) is 5.69 Å². The molecule has 0 atom stereocenters. The Kier molecular flexibility index (Phi) is 3.46.